The van der Waals surface area contributed by atoms with Gasteiger partial charge in [0.1, 0.15) is 0 Å². The van der Waals surface area contributed by atoms with Gasteiger partial charge in [0.05, 0.1) is 18.8 Å². The molecule has 2 unspecified atom stereocenters. The fraction of sp³-hybridized carbons (Fsp3) is 0.579. The van der Waals surface area contributed by atoms with E-state index < -0.39 is 29.8 Å². The first-order valence-corrected chi connectivity index (χ1v) is 19.2. The number of H-pyrrole nitrogens is 1. The topological polar surface area (TPSA) is 122 Å². The molecule has 0 bridgehead atoms. The Hall–Kier alpha value is -3.82. The Morgan fingerprint density at radius 2 is 1.70 bits per heavy atom. The van der Waals surface area contributed by atoms with Gasteiger partial charge < -0.3 is 29.4 Å². The highest BCUT2D eigenvalue weighted by molar-refractivity contribution is 7.98. The van der Waals surface area contributed by atoms with E-state index in [1.807, 2.05) is 46.9 Å². The third-order valence-electron chi connectivity index (χ3n) is 11.1. The molecule has 3 aliphatic rings. The summed E-state index contributed by atoms with van der Waals surface area (Å²) in [7, 11) is 1.52. The van der Waals surface area contributed by atoms with Crippen molar-refractivity contribution in [2.24, 2.45) is 5.41 Å². The van der Waals surface area contributed by atoms with Crippen LogP contribution in [0.3, 0.4) is 0 Å². The quantitative estimate of drug-likeness (QED) is 0.230. The zero-order valence-electron chi connectivity index (χ0n) is 31.6. The molecule has 3 aromatic rings. The summed E-state index contributed by atoms with van der Waals surface area (Å²) in [4.78, 5) is 43.3. The summed E-state index contributed by atoms with van der Waals surface area (Å²) in [6.07, 6.45) is 3.31. The number of amides is 1. The number of nitrogens with zero attached hydrogens (tertiary/aromatic N) is 4. The summed E-state index contributed by atoms with van der Waals surface area (Å²) in [6.45, 7) is 11.9. The van der Waals surface area contributed by atoms with Gasteiger partial charge in [0.2, 0.25) is 5.95 Å². The Bertz CT molecular complexity index is 1890. The lowest BCUT2D eigenvalue weighted by atomic mass is 9.68. The molecular weight excluding hydrogens is 710 g/mol. The van der Waals surface area contributed by atoms with Crippen LogP contribution < -0.4 is 25.2 Å². The normalized spacial score (nSPS) is 25.9. The van der Waals surface area contributed by atoms with E-state index in [1.165, 1.54) is 23.7 Å². The fourth-order valence-corrected chi connectivity index (χ4v) is 8.58. The Morgan fingerprint density at radius 1 is 1.08 bits per heavy atom. The van der Waals surface area contributed by atoms with E-state index in [0.29, 0.717) is 84.0 Å². The number of anilines is 1. The average molecular weight is 759 g/mol. The number of hydrogen-bond donors (Lipinski definition) is 2. The van der Waals surface area contributed by atoms with Crippen LogP contribution in [0, 0.1) is 19.3 Å². The highest BCUT2D eigenvalue weighted by atomic mass is 32.2. The molecule has 288 valence electrons. The first-order chi connectivity index (χ1) is 24.9. The minimum Gasteiger partial charge on any atom is -0.448 e. The molecule has 2 aliphatic heterocycles. The number of hydrogen-bond acceptors (Lipinski definition) is 10. The van der Waals surface area contributed by atoms with Gasteiger partial charge in [0.15, 0.2) is 11.5 Å². The third kappa shape index (κ3) is 8.02. The minimum atomic E-state index is -4.27. The summed E-state index contributed by atoms with van der Waals surface area (Å²) < 4.78 is 59.0. The van der Waals surface area contributed by atoms with Crippen LogP contribution in [0.15, 0.2) is 34.2 Å². The van der Waals surface area contributed by atoms with Crippen LogP contribution in [0.2, 0.25) is 0 Å². The van der Waals surface area contributed by atoms with Crippen molar-refractivity contribution in [3.8, 4) is 22.6 Å². The van der Waals surface area contributed by atoms with Crippen molar-refractivity contribution in [2.75, 3.05) is 37.8 Å². The van der Waals surface area contributed by atoms with E-state index >= 15 is 0 Å². The lowest BCUT2D eigenvalue weighted by Gasteiger charge is -2.47. The number of halogens is 3. The molecular formula is C38H49F3N6O5S. The predicted molar refractivity (Wildman–Crippen MR) is 198 cm³/mol. The molecule has 0 spiro atoms. The zero-order chi connectivity index (χ0) is 38.5. The highest BCUT2D eigenvalue weighted by Crippen LogP contribution is 2.57. The maximum atomic E-state index is 14.0. The third-order valence-corrected chi connectivity index (χ3v) is 11.9. The molecule has 15 heteroatoms. The average Bonchev–Trinajstić information content (AvgIpc) is 3.46. The second-order valence-corrected chi connectivity index (χ2v) is 16.0. The zero-order valence-corrected chi connectivity index (χ0v) is 32.4. The van der Waals surface area contributed by atoms with Crippen LogP contribution in [0.5, 0.6) is 11.5 Å². The number of benzene rings is 1. The van der Waals surface area contributed by atoms with E-state index in [1.54, 1.807) is 25.4 Å². The number of nitrogens with one attached hydrogen (secondary N) is 2. The van der Waals surface area contributed by atoms with Crippen molar-refractivity contribution in [2.45, 2.75) is 109 Å². The number of ether oxygens (including phenoxy) is 3. The van der Waals surface area contributed by atoms with Gasteiger partial charge in [0.25, 0.3) is 17.3 Å². The van der Waals surface area contributed by atoms with E-state index in [-0.39, 0.29) is 30.4 Å². The van der Waals surface area contributed by atoms with Crippen LogP contribution in [-0.4, -0.2) is 88.9 Å². The van der Waals surface area contributed by atoms with E-state index in [0.717, 1.165) is 10.6 Å². The molecule has 1 aliphatic carbocycles. The van der Waals surface area contributed by atoms with Crippen molar-refractivity contribution >= 4 is 23.6 Å². The predicted octanol–water partition coefficient (Wildman–Crippen LogP) is 6.64. The highest BCUT2D eigenvalue weighted by Gasteiger charge is 2.55. The lowest BCUT2D eigenvalue weighted by molar-refractivity contribution is -0.179. The SMILES string of the molecule is CSc1cc(C)[nH]c(=O)c1CNC(=O)c1cc(-c2cnc(N3CC(C)O[C@H](C)C3)nc2)c2c(c1C)OC(C)(C1(C)CCC(N(C)CC(F)(F)F)CC1)O2. The van der Waals surface area contributed by atoms with Gasteiger partial charge in [-0.05, 0) is 78.8 Å². The number of morpholine rings is 1. The minimum absolute atomic E-state index is 0.0157. The molecule has 1 saturated carbocycles. The largest absolute Gasteiger partial charge is 0.448 e. The summed E-state index contributed by atoms with van der Waals surface area (Å²) >= 11 is 1.43. The van der Waals surface area contributed by atoms with Gasteiger partial charge in [-0.2, -0.15) is 13.2 Å². The number of aromatic amines is 1. The van der Waals surface area contributed by atoms with Gasteiger partial charge in [0, 0.05) is 88.8 Å². The Kier molecular flexibility index (Phi) is 10.8. The second-order valence-electron chi connectivity index (χ2n) is 15.2. The molecule has 6 rings (SSSR count). The number of aryl methyl sites for hydroxylation is 1. The first kappa shape index (κ1) is 38.9. The number of rotatable bonds is 9. The summed E-state index contributed by atoms with van der Waals surface area (Å²) in [5, 5.41) is 2.94. The molecule has 2 N–H and O–H groups in total. The molecule has 2 aromatic heterocycles. The smallest absolute Gasteiger partial charge is 0.401 e. The maximum absolute atomic E-state index is 14.0. The summed E-state index contributed by atoms with van der Waals surface area (Å²) in [6, 6.07) is 3.41. The number of alkyl halides is 3. The van der Waals surface area contributed by atoms with E-state index in [4.69, 9.17) is 24.2 Å². The summed E-state index contributed by atoms with van der Waals surface area (Å²) in [5.41, 5.74) is 2.45. The molecule has 1 saturated heterocycles. The lowest BCUT2D eigenvalue weighted by Crippen LogP contribution is -2.54. The van der Waals surface area contributed by atoms with Crippen LogP contribution in [-0.2, 0) is 11.3 Å². The van der Waals surface area contributed by atoms with Gasteiger partial charge in [-0.3, -0.25) is 14.5 Å². The first-order valence-electron chi connectivity index (χ1n) is 18.0. The Balaban J connectivity index is 1.33. The Labute approximate surface area is 312 Å². The monoisotopic (exact) mass is 758 g/mol. The molecule has 2 fully saturated rings. The van der Waals surface area contributed by atoms with Gasteiger partial charge in [-0.25, -0.2) is 9.97 Å². The van der Waals surface area contributed by atoms with Crippen molar-refractivity contribution < 1.29 is 32.2 Å². The van der Waals surface area contributed by atoms with E-state index in [2.05, 4.69) is 15.2 Å². The number of carbonyl (C=O) groups is 1. The molecule has 3 atom stereocenters. The van der Waals surface area contributed by atoms with Crippen molar-refractivity contribution in [1.82, 2.24) is 25.2 Å². The van der Waals surface area contributed by atoms with Gasteiger partial charge in [-0.15, -0.1) is 11.8 Å². The van der Waals surface area contributed by atoms with Crippen molar-refractivity contribution in [3.63, 3.8) is 0 Å². The molecule has 4 heterocycles. The van der Waals surface area contributed by atoms with E-state index in [9.17, 15) is 22.8 Å². The summed E-state index contributed by atoms with van der Waals surface area (Å²) in [5.74, 6) is -0.161. The molecule has 53 heavy (non-hydrogen) atoms. The number of carbonyl (C=O) groups excluding carboxylic acids is 1. The van der Waals surface area contributed by atoms with Crippen molar-refractivity contribution in [1.29, 1.82) is 0 Å². The van der Waals surface area contributed by atoms with Crippen molar-refractivity contribution in [3.05, 3.63) is 57.3 Å². The molecule has 0 radical (unpaired) electrons. The van der Waals surface area contributed by atoms with Gasteiger partial charge >= 0.3 is 6.18 Å². The number of aromatic nitrogens is 3. The van der Waals surface area contributed by atoms with Gasteiger partial charge in [-0.1, -0.05) is 6.92 Å². The number of pyridine rings is 1. The van der Waals surface area contributed by atoms with Crippen LogP contribution in [0.1, 0.15) is 80.6 Å². The number of fused-ring (bicyclic) bond motifs is 1. The second kappa shape index (κ2) is 14.8. The fourth-order valence-electron chi connectivity index (χ4n) is 7.88. The van der Waals surface area contributed by atoms with Crippen LogP contribution in [0.4, 0.5) is 19.1 Å². The standard InChI is InChI=1S/C38H49F3N6O5S/c1-21-13-30(53-8)29(34(49)45-21)17-42-33(48)27-14-28(25-15-43-35(44-16-25)47-18-22(2)50-23(3)19-47)32-31(24(27)4)51-37(6,52-32)36(5)11-9-26(10-12-36)46(7)20-38(39,40)41/h13-16,22-23,26H,9-12,17-20H2,1-8H3,(H,42,48)(H,45,49)/t22-,23?,26?,36?,37?/m1/s1. The molecule has 11 nitrogen and oxygen atoms in total. The van der Waals surface area contributed by atoms with Crippen LogP contribution >= 0.6 is 11.8 Å². The maximum Gasteiger partial charge on any atom is 0.401 e. The van der Waals surface area contributed by atoms with Crippen LogP contribution in [0.25, 0.3) is 11.1 Å². The number of thioether (sulfide) groups is 1. The molecule has 1 aromatic carbocycles. The Morgan fingerprint density at radius 3 is 2.30 bits per heavy atom. The molecule has 1 amide bonds.